The molecule has 1 heterocycles. The Bertz CT molecular complexity index is 500. The molecule has 0 spiro atoms. The van der Waals surface area contributed by atoms with Gasteiger partial charge in [0.2, 0.25) is 0 Å². The molecule has 17 heavy (non-hydrogen) atoms. The van der Waals surface area contributed by atoms with Gasteiger partial charge in [0.15, 0.2) is 0 Å². The highest BCUT2D eigenvalue weighted by atomic mass is 16.5. The third-order valence-corrected chi connectivity index (χ3v) is 2.57. The molecule has 1 aliphatic rings. The number of carbonyl (C=O) groups is 1. The molecule has 0 fully saturated rings. The maximum Gasteiger partial charge on any atom is 0.336 e. The van der Waals surface area contributed by atoms with Crippen LogP contribution in [0.3, 0.4) is 0 Å². The number of carboxylic acid groups (broad SMARTS) is 1. The van der Waals surface area contributed by atoms with Gasteiger partial charge in [-0.2, -0.15) is 0 Å². The number of rotatable bonds is 2. The molecule has 0 atom stereocenters. The fraction of sp³-hybridized carbons (Fsp3) is 0.308. The zero-order chi connectivity index (χ0) is 12.6. The minimum absolute atomic E-state index is 0.246. The number of ether oxygens (including phenoxy) is 2. The molecule has 4 nitrogen and oxygen atoms in total. The lowest BCUT2D eigenvalue weighted by Gasteiger charge is -2.30. The van der Waals surface area contributed by atoms with Crippen LogP contribution in [0, 0.1) is 0 Å². The largest absolute Gasteiger partial charge is 0.497 e. The van der Waals surface area contributed by atoms with Gasteiger partial charge in [-0.15, -0.1) is 0 Å². The van der Waals surface area contributed by atoms with E-state index in [2.05, 4.69) is 0 Å². The van der Waals surface area contributed by atoms with Crippen molar-refractivity contribution in [3.05, 3.63) is 29.8 Å². The first-order valence-corrected chi connectivity index (χ1v) is 5.26. The van der Waals surface area contributed by atoms with Gasteiger partial charge in [-0.1, -0.05) is 0 Å². The molecule has 0 aliphatic carbocycles. The van der Waals surface area contributed by atoms with Crippen LogP contribution in [0.4, 0.5) is 0 Å². The van der Waals surface area contributed by atoms with Crippen molar-refractivity contribution in [1.29, 1.82) is 0 Å². The van der Waals surface area contributed by atoms with Crippen LogP contribution in [0.15, 0.2) is 24.3 Å². The Morgan fingerprint density at radius 2 is 2.12 bits per heavy atom. The van der Waals surface area contributed by atoms with Gasteiger partial charge in [0.05, 0.1) is 12.7 Å². The van der Waals surface area contributed by atoms with E-state index in [9.17, 15) is 9.90 Å². The predicted octanol–water partition coefficient (Wildman–Crippen LogP) is 2.33. The lowest BCUT2D eigenvalue weighted by molar-refractivity contribution is -0.130. The van der Waals surface area contributed by atoms with Crippen LogP contribution in [-0.4, -0.2) is 23.8 Å². The molecule has 0 saturated heterocycles. The number of fused-ring (bicyclic) bond motifs is 1. The maximum atomic E-state index is 11.2. The Balaban J connectivity index is 2.59. The second-order valence-electron chi connectivity index (χ2n) is 4.43. The average Bonchev–Trinajstić information content (AvgIpc) is 2.26. The van der Waals surface area contributed by atoms with Gasteiger partial charge >= 0.3 is 5.97 Å². The van der Waals surface area contributed by atoms with Crippen molar-refractivity contribution < 1.29 is 19.4 Å². The van der Waals surface area contributed by atoms with E-state index in [1.165, 1.54) is 0 Å². The van der Waals surface area contributed by atoms with Crippen LogP contribution in [0.25, 0.3) is 5.57 Å². The van der Waals surface area contributed by atoms with Crippen molar-refractivity contribution in [2.45, 2.75) is 19.4 Å². The van der Waals surface area contributed by atoms with E-state index in [4.69, 9.17) is 9.47 Å². The summed E-state index contributed by atoms with van der Waals surface area (Å²) in [6.07, 6.45) is 1.61. The number of hydrogen-bond donors (Lipinski definition) is 1. The van der Waals surface area contributed by atoms with E-state index in [0.29, 0.717) is 17.1 Å². The zero-order valence-corrected chi connectivity index (χ0v) is 9.98. The number of benzene rings is 1. The van der Waals surface area contributed by atoms with E-state index in [1.54, 1.807) is 31.4 Å². The summed E-state index contributed by atoms with van der Waals surface area (Å²) < 4.78 is 10.8. The lowest BCUT2D eigenvalue weighted by Crippen LogP contribution is -2.30. The van der Waals surface area contributed by atoms with Crippen LogP contribution >= 0.6 is 0 Å². The summed E-state index contributed by atoms with van der Waals surface area (Å²) in [7, 11) is 1.54. The van der Waals surface area contributed by atoms with Gasteiger partial charge in [0.25, 0.3) is 0 Å². The number of carboxylic acids is 1. The molecule has 1 aromatic carbocycles. The van der Waals surface area contributed by atoms with Crippen molar-refractivity contribution >= 4 is 11.5 Å². The first-order valence-electron chi connectivity index (χ1n) is 5.26. The highest BCUT2D eigenvalue weighted by molar-refractivity contribution is 6.17. The highest BCUT2D eigenvalue weighted by Crippen LogP contribution is 2.38. The van der Waals surface area contributed by atoms with Gasteiger partial charge in [-0.25, -0.2) is 4.79 Å². The van der Waals surface area contributed by atoms with Gasteiger partial charge < -0.3 is 14.6 Å². The minimum Gasteiger partial charge on any atom is -0.497 e. The molecule has 0 radical (unpaired) electrons. The van der Waals surface area contributed by atoms with Crippen LogP contribution in [-0.2, 0) is 4.79 Å². The molecule has 90 valence electrons. The van der Waals surface area contributed by atoms with Gasteiger partial charge in [-0.3, -0.25) is 0 Å². The highest BCUT2D eigenvalue weighted by Gasteiger charge is 2.29. The quantitative estimate of drug-likeness (QED) is 0.853. The van der Waals surface area contributed by atoms with E-state index >= 15 is 0 Å². The van der Waals surface area contributed by atoms with Crippen molar-refractivity contribution in [2.75, 3.05) is 7.11 Å². The van der Waals surface area contributed by atoms with Gasteiger partial charge in [0.1, 0.15) is 17.1 Å². The van der Waals surface area contributed by atoms with Crippen molar-refractivity contribution in [1.82, 2.24) is 0 Å². The summed E-state index contributed by atoms with van der Waals surface area (Å²) in [5.74, 6) is 0.214. The zero-order valence-electron chi connectivity index (χ0n) is 9.98. The van der Waals surface area contributed by atoms with Crippen LogP contribution in [0.1, 0.15) is 19.4 Å². The fourth-order valence-corrected chi connectivity index (χ4v) is 1.85. The molecule has 4 heteroatoms. The van der Waals surface area contributed by atoms with Crippen LogP contribution in [0.2, 0.25) is 0 Å². The normalized spacial score (nSPS) is 16.5. The fourth-order valence-electron chi connectivity index (χ4n) is 1.85. The summed E-state index contributed by atoms with van der Waals surface area (Å²) in [6.45, 7) is 3.65. The Kier molecular flexibility index (Phi) is 2.58. The second-order valence-corrected chi connectivity index (χ2v) is 4.43. The molecule has 0 saturated carbocycles. The summed E-state index contributed by atoms with van der Waals surface area (Å²) in [4.78, 5) is 11.2. The van der Waals surface area contributed by atoms with E-state index in [-0.39, 0.29) is 5.57 Å². The lowest BCUT2D eigenvalue weighted by atomic mass is 9.94. The molecule has 1 aliphatic heterocycles. The molecule has 0 aromatic heterocycles. The smallest absolute Gasteiger partial charge is 0.336 e. The molecule has 1 aromatic rings. The monoisotopic (exact) mass is 234 g/mol. The standard InChI is InChI=1S/C13H14O4/c1-13(2)7-10(12(14)15)9-6-8(16-3)4-5-11(9)17-13/h4-7H,1-3H3,(H,14,15). The number of aliphatic carboxylic acids is 1. The average molecular weight is 234 g/mol. The van der Waals surface area contributed by atoms with Gasteiger partial charge in [-0.05, 0) is 38.1 Å². The molecular weight excluding hydrogens is 220 g/mol. The van der Waals surface area contributed by atoms with Crippen molar-refractivity contribution in [2.24, 2.45) is 0 Å². The third kappa shape index (κ3) is 2.11. The second kappa shape index (κ2) is 3.80. The number of methoxy groups -OCH3 is 1. The molecule has 1 N–H and O–H groups in total. The maximum absolute atomic E-state index is 11.2. The summed E-state index contributed by atoms with van der Waals surface area (Å²) >= 11 is 0. The van der Waals surface area contributed by atoms with Crippen molar-refractivity contribution in [3.63, 3.8) is 0 Å². The predicted molar refractivity (Wildman–Crippen MR) is 63.3 cm³/mol. The van der Waals surface area contributed by atoms with E-state index in [1.807, 2.05) is 13.8 Å². The molecule has 0 bridgehead atoms. The van der Waals surface area contributed by atoms with E-state index < -0.39 is 11.6 Å². The summed E-state index contributed by atoms with van der Waals surface area (Å²) in [5.41, 5.74) is 0.182. The summed E-state index contributed by atoms with van der Waals surface area (Å²) in [5, 5.41) is 9.22. The topological polar surface area (TPSA) is 55.8 Å². The molecular formula is C13H14O4. The Morgan fingerprint density at radius 1 is 1.41 bits per heavy atom. The number of hydrogen-bond acceptors (Lipinski definition) is 3. The van der Waals surface area contributed by atoms with Crippen molar-refractivity contribution in [3.8, 4) is 11.5 Å². The first-order chi connectivity index (χ1) is 7.93. The van der Waals surface area contributed by atoms with Crippen LogP contribution in [0.5, 0.6) is 11.5 Å². The Hall–Kier alpha value is -1.97. The minimum atomic E-state index is -0.962. The molecule has 2 rings (SSSR count). The van der Waals surface area contributed by atoms with Gasteiger partial charge in [0, 0.05) is 5.56 Å². The van der Waals surface area contributed by atoms with E-state index in [0.717, 1.165) is 0 Å². The summed E-state index contributed by atoms with van der Waals surface area (Å²) in [6, 6.07) is 5.15. The molecule has 0 unspecified atom stereocenters. The van der Waals surface area contributed by atoms with Crippen LogP contribution < -0.4 is 9.47 Å². The third-order valence-electron chi connectivity index (χ3n) is 2.57. The first kappa shape index (κ1) is 11.5. The Morgan fingerprint density at radius 3 is 2.71 bits per heavy atom. The Labute approximate surface area is 99.5 Å². The molecule has 0 amide bonds. The SMILES string of the molecule is COc1ccc2c(c1)C(C(=O)O)=CC(C)(C)O2.